The second kappa shape index (κ2) is 9.02. The molecule has 1 aromatic rings. The van der Waals surface area contributed by atoms with Crippen LogP contribution in [-0.2, 0) is 21.3 Å². The lowest BCUT2D eigenvalue weighted by molar-refractivity contribution is 0.146. The first kappa shape index (κ1) is 17.0. The van der Waals surface area contributed by atoms with Crippen LogP contribution in [0.4, 0.5) is 0 Å². The van der Waals surface area contributed by atoms with Crippen LogP contribution in [0.1, 0.15) is 25.8 Å². The highest BCUT2D eigenvalue weighted by Crippen LogP contribution is 2.06. The Labute approximate surface area is 121 Å². The van der Waals surface area contributed by atoms with Crippen LogP contribution in [0.5, 0.6) is 0 Å². The molecule has 0 aliphatic heterocycles. The predicted molar refractivity (Wildman–Crippen MR) is 77.9 cm³/mol. The molecule has 1 rings (SSSR count). The van der Waals surface area contributed by atoms with Gasteiger partial charge in [-0.25, -0.2) is 18.1 Å². The van der Waals surface area contributed by atoms with E-state index in [0.29, 0.717) is 32.7 Å². The van der Waals surface area contributed by atoms with Crippen LogP contribution < -0.4 is 10.0 Å². The van der Waals surface area contributed by atoms with Gasteiger partial charge in [0.25, 0.3) is 10.0 Å². The fraction of sp³-hybridized carbons (Fsp3) is 0.615. The molecule has 6 nitrogen and oxygen atoms in total. The maximum Gasteiger partial charge on any atom is 0.258 e. The molecule has 0 aliphatic carbocycles. The van der Waals surface area contributed by atoms with E-state index < -0.39 is 10.0 Å². The lowest BCUT2D eigenvalue weighted by Crippen LogP contribution is -2.26. The van der Waals surface area contributed by atoms with Crippen LogP contribution in [0.15, 0.2) is 23.4 Å². The summed E-state index contributed by atoms with van der Waals surface area (Å²) in [6, 6.07) is 3.29. The van der Waals surface area contributed by atoms with E-state index in [-0.39, 0.29) is 5.03 Å². The molecule has 1 aromatic heterocycles. The average Bonchev–Trinajstić information content (AvgIpc) is 2.45. The molecule has 114 valence electrons. The highest BCUT2D eigenvalue weighted by molar-refractivity contribution is 7.89. The highest BCUT2D eigenvalue weighted by atomic mass is 32.2. The summed E-state index contributed by atoms with van der Waals surface area (Å²) in [7, 11) is -3.52. The molecule has 0 fully saturated rings. The first-order valence-electron chi connectivity index (χ1n) is 6.83. The van der Waals surface area contributed by atoms with E-state index in [2.05, 4.69) is 15.0 Å². The number of nitrogens with one attached hydrogen (secondary N) is 2. The maximum atomic E-state index is 12.0. The van der Waals surface area contributed by atoms with Gasteiger partial charge >= 0.3 is 0 Å². The standard InChI is InChI=1S/C13H23N3O3S/c1-3-14-10-12-6-7-13(15-11-12)20(17,18)16-8-5-9-19-4-2/h6-7,11,14,16H,3-5,8-10H2,1-2H3. The fourth-order valence-electron chi connectivity index (χ4n) is 1.54. The number of pyridine rings is 1. The third kappa shape index (κ3) is 5.96. The molecular formula is C13H23N3O3S. The third-order valence-electron chi connectivity index (χ3n) is 2.61. The second-order valence-electron chi connectivity index (χ2n) is 4.23. The summed E-state index contributed by atoms with van der Waals surface area (Å²) < 4.78 is 31.6. The van der Waals surface area contributed by atoms with Crippen LogP contribution in [-0.4, -0.2) is 39.7 Å². The summed E-state index contributed by atoms with van der Waals surface area (Å²) in [5.74, 6) is 0. The Morgan fingerprint density at radius 3 is 2.70 bits per heavy atom. The molecule has 20 heavy (non-hydrogen) atoms. The fourth-order valence-corrected chi connectivity index (χ4v) is 2.54. The zero-order valence-electron chi connectivity index (χ0n) is 12.1. The van der Waals surface area contributed by atoms with Crippen molar-refractivity contribution in [1.82, 2.24) is 15.0 Å². The molecule has 1 heterocycles. The first-order valence-corrected chi connectivity index (χ1v) is 8.31. The van der Waals surface area contributed by atoms with Crippen LogP contribution >= 0.6 is 0 Å². The number of rotatable bonds is 10. The van der Waals surface area contributed by atoms with Crippen LogP contribution in [0.2, 0.25) is 0 Å². The summed E-state index contributed by atoms with van der Waals surface area (Å²) >= 11 is 0. The van der Waals surface area contributed by atoms with Gasteiger partial charge in [-0.2, -0.15) is 0 Å². The molecule has 0 bridgehead atoms. The topological polar surface area (TPSA) is 80.3 Å². The number of hydrogen-bond acceptors (Lipinski definition) is 5. The van der Waals surface area contributed by atoms with Crippen molar-refractivity contribution in [3.8, 4) is 0 Å². The molecule has 0 amide bonds. The Morgan fingerprint density at radius 1 is 1.30 bits per heavy atom. The average molecular weight is 301 g/mol. The Bertz CT molecular complexity index is 474. The molecule has 0 radical (unpaired) electrons. The van der Waals surface area contributed by atoms with Gasteiger partial charge in [-0.05, 0) is 31.5 Å². The van der Waals surface area contributed by atoms with E-state index >= 15 is 0 Å². The number of aromatic nitrogens is 1. The van der Waals surface area contributed by atoms with Gasteiger partial charge in [-0.3, -0.25) is 0 Å². The van der Waals surface area contributed by atoms with Gasteiger partial charge < -0.3 is 10.1 Å². The van der Waals surface area contributed by atoms with Crippen LogP contribution in [0, 0.1) is 0 Å². The Hall–Kier alpha value is -1.02. The SMILES string of the molecule is CCNCc1ccc(S(=O)(=O)NCCCOCC)nc1. The van der Waals surface area contributed by atoms with Crippen molar-refractivity contribution < 1.29 is 13.2 Å². The van der Waals surface area contributed by atoms with Crippen molar-refractivity contribution in [3.63, 3.8) is 0 Å². The minimum atomic E-state index is -3.52. The highest BCUT2D eigenvalue weighted by Gasteiger charge is 2.14. The van der Waals surface area contributed by atoms with E-state index in [1.807, 2.05) is 13.8 Å². The predicted octanol–water partition coefficient (Wildman–Crippen LogP) is 0.896. The summed E-state index contributed by atoms with van der Waals surface area (Å²) in [6.45, 7) is 7.01. The molecule has 0 aromatic carbocycles. The lowest BCUT2D eigenvalue weighted by Gasteiger charge is -2.07. The van der Waals surface area contributed by atoms with Crippen molar-refractivity contribution in [1.29, 1.82) is 0 Å². The molecule has 0 aliphatic rings. The molecule has 0 spiro atoms. The minimum Gasteiger partial charge on any atom is -0.382 e. The van der Waals surface area contributed by atoms with Gasteiger partial charge in [-0.1, -0.05) is 13.0 Å². The molecule has 0 atom stereocenters. The van der Waals surface area contributed by atoms with Gasteiger partial charge in [0, 0.05) is 32.5 Å². The molecule has 2 N–H and O–H groups in total. The van der Waals surface area contributed by atoms with Crippen LogP contribution in [0.3, 0.4) is 0 Å². The van der Waals surface area contributed by atoms with Crippen molar-refractivity contribution in [2.45, 2.75) is 31.8 Å². The summed E-state index contributed by atoms with van der Waals surface area (Å²) in [5.41, 5.74) is 0.960. The van der Waals surface area contributed by atoms with Crippen molar-refractivity contribution in [2.75, 3.05) is 26.3 Å². The van der Waals surface area contributed by atoms with E-state index in [1.54, 1.807) is 12.3 Å². The Morgan fingerprint density at radius 2 is 2.10 bits per heavy atom. The molecule has 0 saturated heterocycles. The van der Waals surface area contributed by atoms with Gasteiger partial charge in [0.2, 0.25) is 0 Å². The molecule has 0 saturated carbocycles. The maximum absolute atomic E-state index is 12.0. The largest absolute Gasteiger partial charge is 0.382 e. The van der Waals surface area contributed by atoms with E-state index in [1.165, 1.54) is 6.07 Å². The molecule has 0 unspecified atom stereocenters. The summed E-state index contributed by atoms with van der Waals surface area (Å²) in [5, 5.41) is 3.21. The van der Waals surface area contributed by atoms with Gasteiger partial charge in [0.1, 0.15) is 0 Å². The smallest absolute Gasteiger partial charge is 0.258 e. The van der Waals surface area contributed by atoms with Gasteiger partial charge in [-0.15, -0.1) is 0 Å². The Kier molecular flexibility index (Phi) is 7.68. The number of nitrogens with zero attached hydrogens (tertiary/aromatic N) is 1. The number of ether oxygens (including phenoxy) is 1. The first-order chi connectivity index (χ1) is 9.60. The Balaban J connectivity index is 2.50. The van der Waals surface area contributed by atoms with Gasteiger partial charge in [0.15, 0.2) is 5.03 Å². The normalized spacial score (nSPS) is 11.7. The quantitative estimate of drug-likeness (QED) is 0.628. The van der Waals surface area contributed by atoms with Crippen LogP contribution in [0.25, 0.3) is 0 Å². The zero-order valence-corrected chi connectivity index (χ0v) is 12.9. The summed E-state index contributed by atoms with van der Waals surface area (Å²) in [4.78, 5) is 4.00. The van der Waals surface area contributed by atoms with Crippen molar-refractivity contribution in [2.24, 2.45) is 0 Å². The van der Waals surface area contributed by atoms with Crippen molar-refractivity contribution >= 4 is 10.0 Å². The van der Waals surface area contributed by atoms with E-state index in [4.69, 9.17) is 4.74 Å². The number of hydrogen-bond donors (Lipinski definition) is 2. The molecular weight excluding hydrogens is 278 g/mol. The monoisotopic (exact) mass is 301 g/mol. The second-order valence-corrected chi connectivity index (χ2v) is 5.95. The summed E-state index contributed by atoms with van der Waals surface area (Å²) in [6.07, 6.45) is 2.23. The van der Waals surface area contributed by atoms with Gasteiger partial charge in [0.05, 0.1) is 0 Å². The van der Waals surface area contributed by atoms with E-state index in [0.717, 1.165) is 12.1 Å². The molecule has 7 heteroatoms. The van der Waals surface area contributed by atoms with E-state index in [9.17, 15) is 8.42 Å². The lowest BCUT2D eigenvalue weighted by atomic mass is 10.3. The minimum absolute atomic E-state index is 0.0501. The van der Waals surface area contributed by atoms with Crippen molar-refractivity contribution in [3.05, 3.63) is 23.9 Å². The third-order valence-corrected chi connectivity index (χ3v) is 3.99. The number of sulfonamides is 1. The zero-order chi connectivity index (χ0) is 14.8.